The van der Waals surface area contributed by atoms with Crippen molar-refractivity contribution in [3.63, 3.8) is 0 Å². The number of methoxy groups -OCH3 is 1. The summed E-state index contributed by atoms with van der Waals surface area (Å²) in [6, 6.07) is 3.83. The van der Waals surface area contributed by atoms with Crippen molar-refractivity contribution in [2.75, 3.05) is 31.6 Å². The number of piperazine rings is 1. The molecule has 184 valence electrons. The number of aromatic carboxylic acids is 1. The van der Waals surface area contributed by atoms with E-state index in [9.17, 15) is 22.8 Å². The van der Waals surface area contributed by atoms with Crippen molar-refractivity contribution in [3.05, 3.63) is 63.7 Å². The predicted molar refractivity (Wildman–Crippen MR) is 123 cm³/mol. The predicted octanol–water partition coefficient (Wildman–Crippen LogP) is 3.26. The first-order valence-corrected chi connectivity index (χ1v) is 9.91. The van der Waals surface area contributed by atoms with Crippen LogP contribution in [-0.4, -0.2) is 54.0 Å². The number of carboxylic acids is 1. The van der Waals surface area contributed by atoms with Crippen LogP contribution < -0.4 is 20.4 Å². The second-order valence-electron chi connectivity index (χ2n) is 7.40. The van der Waals surface area contributed by atoms with E-state index in [1.54, 1.807) is 0 Å². The Hall–Kier alpha value is -3.44. The Morgan fingerprint density at radius 1 is 1.21 bits per heavy atom. The molecule has 1 unspecified atom stereocenters. The number of ether oxygens (including phenoxy) is 1. The first kappa shape index (κ1) is 26.8. The van der Waals surface area contributed by atoms with Gasteiger partial charge in [0.1, 0.15) is 17.1 Å². The number of hydrogen-bond donors (Lipinski definition) is 4. The number of H-pyrrole nitrogens is 1. The summed E-state index contributed by atoms with van der Waals surface area (Å²) in [5.74, 6) is -3.93. The van der Waals surface area contributed by atoms with Gasteiger partial charge in [-0.05, 0) is 25.1 Å². The van der Waals surface area contributed by atoms with Crippen LogP contribution in [0.4, 0.5) is 18.9 Å². The fourth-order valence-electron chi connectivity index (χ4n) is 3.56. The van der Waals surface area contributed by atoms with E-state index in [0.717, 1.165) is 24.4 Å². The van der Waals surface area contributed by atoms with Crippen LogP contribution >= 0.6 is 12.4 Å². The Bertz CT molecular complexity index is 1250. The van der Waals surface area contributed by atoms with Crippen LogP contribution in [0, 0.1) is 17.5 Å². The normalized spacial score (nSPS) is 15.2. The fraction of sp³-hybridized carbons (Fsp3) is 0.273. The van der Waals surface area contributed by atoms with Gasteiger partial charge in [0.15, 0.2) is 23.1 Å². The summed E-state index contributed by atoms with van der Waals surface area (Å²) in [5, 5.41) is 20.8. The van der Waals surface area contributed by atoms with E-state index in [1.165, 1.54) is 7.11 Å². The summed E-state index contributed by atoms with van der Waals surface area (Å²) < 4.78 is 44.2. The molecule has 4 rings (SSSR count). The van der Waals surface area contributed by atoms with Crippen molar-refractivity contribution < 1.29 is 32.9 Å². The van der Waals surface area contributed by atoms with E-state index in [4.69, 9.17) is 14.9 Å². The molecule has 2 heterocycles. The number of phenols is 1. The third kappa shape index (κ3) is 5.54. The van der Waals surface area contributed by atoms with Crippen LogP contribution in [0.5, 0.6) is 11.5 Å². The zero-order valence-electron chi connectivity index (χ0n) is 18.2. The highest BCUT2D eigenvalue weighted by Gasteiger charge is 2.26. The van der Waals surface area contributed by atoms with Crippen molar-refractivity contribution in [2.24, 2.45) is 0 Å². The van der Waals surface area contributed by atoms with E-state index in [1.807, 2.05) is 11.8 Å². The Labute approximate surface area is 198 Å². The number of hydrogen-bond acceptors (Lipinski definition) is 6. The standard InChI is InChI=1S/C16H18FN3O4.C6H4F2O.ClH/c1-8-7-20(4-3-18-8)13-11(17)5-9-12(15(13)24-2)19-6-10(14(9)21)16(22)23;7-4-1-2-6(9)5(8)3-4;/h5-6,8,18H,3-4,7H2,1-2H3,(H,19,21)(H,22,23);1-3,9H;1H. The number of phenolic OH excluding ortho intramolecular Hbond substituents is 1. The van der Waals surface area contributed by atoms with Crippen LogP contribution in [-0.2, 0) is 0 Å². The summed E-state index contributed by atoms with van der Waals surface area (Å²) in [6.07, 6.45) is 1.11. The van der Waals surface area contributed by atoms with E-state index in [2.05, 4.69) is 10.3 Å². The van der Waals surface area contributed by atoms with Gasteiger partial charge >= 0.3 is 5.97 Å². The number of benzene rings is 2. The third-order valence-electron chi connectivity index (χ3n) is 5.09. The minimum atomic E-state index is -1.36. The van der Waals surface area contributed by atoms with Crippen molar-refractivity contribution in [2.45, 2.75) is 13.0 Å². The number of aromatic nitrogens is 1. The number of aromatic hydroxyl groups is 1. The molecule has 1 atom stereocenters. The lowest BCUT2D eigenvalue weighted by Gasteiger charge is -2.34. The molecular formula is C22H23ClF3N3O5. The van der Waals surface area contributed by atoms with Gasteiger partial charge in [0.25, 0.3) is 0 Å². The van der Waals surface area contributed by atoms with Gasteiger partial charge in [0.05, 0.1) is 18.0 Å². The molecule has 1 saturated heterocycles. The SMILES string of the molecule is COc1c(N2CCNC(C)C2)c(F)cc2c(=O)c(C(=O)O)c[nH]c12.Cl.Oc1ccc(F)cc1F. The molecule has 0 aliphatic carbocycles. The Morgan fingerprint density at radius 3 is 2.47 bits per heavy atom. The average molecular weight is 502 g/mol. The lowest BCUT2D eigenvalue weighted by atomic mass is 10.1. The van der Waals surface area contributed by atoms with E-state index >= 15 is 0 Å². The van der Waals surface area contributed by atoms with Gasteiger partial charge in [-0.2, -0.15) is 0 Å². The molecule has 1 aliphatic heterocycles. The second-order valence-corrected chi connectivity index (χ2v) is 7.40. The van der Waals surface area contributed by atoms with Gasteiger partial charge in [-0.1, -0.05) is 0 Å². The van der Waals surface area contributed by atoms with Crippen molar-refractivity contribution >= 4 is 35.0 Å². The van der Waals surface area contributed by atoms with Crippen LogP contribution in [0.2, 0.25) is 0 Å². The van der Waals surface area contributed by atoms with Crippen LogP contribution in [0.15, 0.2) is 35.3 Å². The maximum atomic E-state index is 14.7. The van der Waals surface area contributed by atoms with Crippen LogP contribution in [0.3, 0.4) is 0 Å². The molecule has 3 aromatic rings. The van der Waals surface area contributed by atoms with Gasteiger partial charge in [-0.3, -0.25) is 4.79 Å². The molecule has 1 aliphatic rings. The molecule has 0 spiro atoms. The molecule has 0 bridgehead atoms. The molecule has 1 fully saturated rings. The number of carboxylic acid groups (broad SMARTS) is 1. The van der Waals surface area contributed by atoms with E-state index in [0.29, 0.717) is 25.7 Å². The highest BCUT2D eigenvalue weighted by molar-refractivity contribution is 5.96. The Balaban J connectivity index is 0.000000345. The zero-order chi connectivity index (χ0) is 24.3. The molecule has 4 N–H and O–H groups in total. The first-order valence-electron chi connectivity index (χ1n) is 9.91. The number of nitrogens with zero attached hydrogens (tertiary/aromatic N) is 1. The van der Waals surface area contributed by atoms with Gasteiger partial charge in [-0.15, -0.1) is 12.4 Å². The lowest BCUT2D eigenvalue weighted by Crippen LogP contribution is -2.49. The van der Waals surface area contributed by atoms with Gasteiger partial charge < -0.3 is 30.2 Å². The summed E-state index contributed by atoms with van der Waals surface area (Å²) in [5.41, 5.74) is -0.617. The largest absolute Gasteiger partial charge is 0.505 e. The first-order chi connectivity index (χ1) is 15.6. The highest BCUT2D eigenvalue weighted by atomic mass is 35.5. The number of rotatable bonds is 3. The Morgan fingerprint density at radius 2 is 1.91 bits per heavy atom. The van der Waals surface area contributed by atoms with Crippen molar-refractivity contribution in [1.29, 1.82) is 0 Å². The minimum absolute atomic E-state index is 0. The third-order valence-corrected chi connectivity index (χ3v) is 5.09. The number of aromatic amines is 1. The second kappa shape index (κ2) is 11.1. The number of anilines is 1. The number of nitrogens with one attached hydrogen (secondary N) is 2. The lowest BCUT2D eigenvalue weighted by molar-refractivity contribution is 0.0695. The van der Waals surface area contributed by atoms with Gasteiger partial charge in [0, 0.05) is 37.9 Å². The average Bonchev–Trinajstić information content (AvgIpc) is 2.76. The number of pyridine rings is 1. The number of carbonyl (C=O) groups is 1. The number of halogens is 4. The molecule has 1 aromatic heterocycles. The van der Waals surface area contributed by atoms with Crippen LogP contribution in [0.1, 0.15) is 17.3 Å². The van der Waals surface area contributed by atoms with Gasteiger partial charge in [0.2, 0.25) is 5.43 Å². The monoisotopic (exact) mass is 501 g/mol. The summed E-state index contributed by atoms with van der Waals surface area (Å²) in [4.78, 5) is 28.0. The molecule has 0 radical (unpaired) electrons. The fourth-order valence-corrected chi connectivity index (χ4v) is 3.56. The Kier molecular flexibility index (Phi) is 8.77. The van der Waals surface area contributed by atoms with Crippen LogP contribution in [0.25, 0.3) is 10.9 Å². The smallest absolute Gasteiger partial charge is 0.341 e. The summed E-state index contributed by atoms with van der Waals surface area (Å²) >= 11 is 0. The zero-order valence-corrected chi connectivity index (χ0v) is 19.0. The number of fused-ring (bicyclic) bond motifs is 1. The minimum Gasteiger partial charge on any atom is -0.505 e. The summed E-state index contributed by atoms with van der Waals surface area (Å²) in [6.45, 7) is 3.89. The van der Waals surface area contributed by atoms with E-state index < -0.39 is 40.2 Å². The molecule has 0 saturated carbocycles. The topological polar surface area (TPSA) is 115 Å². The molecular weight excluding hydrogens is 479 g/mol. The van der Waals surface area contributed by atoms with E-state index in [-0.39, 0.29) is 40.8 Å². The highest BCUT2D eigenvalue weighted by Crippen LogP contribution is 2.37. The van der Waals surface area contributed by atoms with Crippen molar-refractivity contribution in [3.8, 4) is 11.5 Å². The molecule has 8 nitrogen and oxygen atoms in total. The molecule has 12 heteroatoms. The van der Waals surface area contributed by atoms with Gasteiger partial charge in [-0.25, -0.2) is 18.0 Å². The quantitative estimate of drug-likeness (QED) is 0.435. The summed E-state index contributed by atoms with van der Waals surface area (Å²) in [7, 11) is 1.40. The molecule has 2 aromatic carbocycles. The molecule has 0 amide bonds. The maximum absolute atomic E-state index is 14.7. The maximum Gasteiger partial charge on any atom is 0.341 e. The van der Waals surface area contributed by atoms with Crippen molar-refractivity contribution in [1.82, 2.24) is 10.3 Å². The molecule has 34 heavy (non-hydrogen) atoms.